The number of ether oxygens (including phenoxy) is 1. The highest BCUT2D eigenvalue weighted by atomic mass is 19.1. The molecule has 0 saturated heterocycles. The molecule has 0 saturated carbocycles. The molecule has 0 aliphatic rings. The van der Waals surface area contributed by atoms with Crippen LogP contribution in [-0.2, 0) is 20.9 Å². The Labute approximate surface area is 156 Å². The Morgan fingerprint density at radius 1 is 1.15 bits per heavy atom. The first kappa shape index (κ1) is 20.1. The van der Waals surface area contributed by atoms with Gasteiger partial charge in [-0.25, -0.2) is 4.39 Å². The van der Waals surface area contributed by atoms with Gasteiger partial charge >= 0.3 is 5.97 Å². The first-order chi connectivity index (χ1) is 12.8. The molecule has 0 aromatic heterocycles. The summed E-state index contributed by atoms with van der Waals surface area (Å²) in [6, 6.07) is 11.2. The fourth-order valence-electron chi connectivity index (χ4n) is 2.54. The van der Waals surface area contributed by atoms with Crippen molar-refractivity contribution in [3.63, 3.8) is 0 Å². The second-order valence-electron chi connectivity index (χ2n) is 6.04. The molecule has 0 atom stereocenters. The van der Waals surface area contributed by atoms with Gasteiger partial charge in [0.2, 0.25) is 5.91 Å². The van der Waals surface area contributed by atoms with Crippen LogP contribution in [0.4, 0.5) is 10.1 Å². The standard InChI is InChI=1S/C20H21FN2O4/c1-13-6-4-5-7-16(13)11-23(12-19(25)27-3)20(26)15-8-9-17(21)18(10-15)22-14(2)24/h4-10H,11-12H2,1-3H3,(H,22,24). The van der Waals surface area contributed by atoms with Crippen LogP contribution in [0.2, 0.25) is 0 Å². The largest absolute Gasteiger partial charge is 0.468 e. The summed E-state index contributed by atoms with van der Waals surface area (Å²) in [6.07, 6.45) is 0. The van der Waals surface area contributed by atoms with Gasteiger partial charge in [0.05, 0.1) is 12.8 Å². The highest BCUT2D eigenvalue weighted by Crippen LogP contribution is 2.19. The van der Waals surface area contributed by atoms with Crippen LogP contribution >= 0.6 is 0 Å². The van der Waals surface area contributed by atoms with E-state index in [2.05, 4.69) is 10.1 Å². The lowest BCUT2D eigenvalue weighted by Gasteiger charge is -2.23. The lowest BCUT2D eigenvalue weighted by molar-refractivity contribution is -0.141. The normalized spacial score (nSPS) is 10.2. The van der Waals surface area contributed by atoms with E-state index < -0.39 is 23.6 Å². The fraction of sp³-hybridized carbons (Fsp3) is 0.250. The summed E-state index contributed by atoms with van der Waals surface area (Å²) in [4.78, 5) is 37.2. The van der Waals surface area contributed by atoms with E-state index >= 15 is 0 Å². The molecule has 0 spiro atoms. The van der Waals surface area contributed by atoms with Crippen molar-refractivity contribution in [3.8, 4) is 0 Å². The van der Waals surface area contributed by atoms with E-state index in [9.17, 15) is 18.8 Å². The second kappa shape index (κ2) is 8.93. The second-order valence-corrected chi connectivity index (χ2v) is 6.04. The van der Waals surface area contributed by atoms with Gasteiger partial charge in [0, 0.05) is 19.0 Å². The van der Waals surface area contributed by atoms with Crippen LogP contribution in [0.15, 0.2) is 42.5 Å². The maximum Gasteiger partial charge on any atom is 0.325 e. The van der Waals surface area contributed by atoms with Crippen LogP contribution in [0.1, 0.15) is 28.4 Å². The Morgan fingerprint density at radius 3 is 2.48 bits per heavy atom. The Balaban J connectivity index is 2.34. The van der Waals surface area contributed by atoms with E-state index in [1.807, 2.05) is 31.2 Å². The van der Waals surface area contributed by atoms with Gasteiger partial charge in [0.25, 0.3) is 5.91 Å². The van der Waals surface area contributed by atoms with Crippen LogP contribution in [0, 0.1) is 12.7 Å². The summed E-state index contributed by atoms with van der Waals surface area (Å²) < 4.78 is 18.5. The number of hydrogen-bond acceptors (Lipinski definition) is 4. The number of hydrogen-bond donors (Lipinski definition) is 1. The van der Waals surface area contributed by atoms with Crippen molar-refractivity contribution in [3.05, 3.63) is 65.0 Å². The monoisotopic (exact) mass is 372 g/mol. The summed E-state index contributed by atoms with van der Waals surface area (Å²) in [5, 5.41) is 2.34. The molecular formula is C20H21FN2O4. The third-order valence-electron chi connectivity index (χ3n) is 3.98. The number of carbonyl (C=O) groups excluding carboxylic acids is 3. The third kappa shape index (κ3) is 5.37. The van der Waals surface area contributed by atoms with Crippen molar-refractivity contribution in [2.75, 3.05) is 19.0 Å². The zero-order chi connectivity index (χ0) is 20.0. The number of esters is 1. The molecule has 7 heteroatoms. The van der Waals surface area contributed by atoms with Crippen LogP contribution in [0.5, 0.6) is 0 Å². The Bertz CT molecular complexity index is 867. The van der Waals surface area contributed by atoms with Gasteiger partial charge in [0.1, 0.15) is 12.4 Å². The quantitative estimate of drug-likeness (QED) is 0.791. The number of halogens is 1. The smallest absolute Gasteiger partial charge is 0.325 e. The molecule has 0 aliphatic heterocycles. The molecule has 0 radical (unpaired) electrons. The zero-order valence-electron chi connectivity index (χ0n) is 15.4. The Morgan fingerprint density at radius 2 is 1.85 bits per heavy atom. The molecule has 0 aliphatic carbocycles. The summed E-state index contributed by atoms with van der Waals surface area (Å²) in [5.74, 6) is -2.15. The molecular weight excluding hydrogens is 351 g/mol. The number of benzene rings is 2. The van der Waals surface area contributed by atoms with E-state index in [0.717, 1.165) is 17.2 Å². The third-order valence-corrected chi connectivity index (χ3v) is 3.98. The minimum Gasteiger partial charge on any atom is -0.468 e. The Hall–Kier alpha value is -3.22. The van der Waals surface area contributed by atoms with Crippen molar-refractivity contribution in [1.29, 1.82) is 0 Å². The summed E-state index contributed by atoms with van der Waals surface area (Å²) in [5.41, 5.74) is 1.90. The molecule has 0 fully saturated rings. The highest BCUT2D eigenvalue weighted by Gasteiger charge is 2.21. The van der Waals surface area contributed by atoms with Crippen molar-refractivity contribution >= 4 is 23.5 Å². The molecule has 142 valence electrons. The lowest BCUT2D eigenvalue weighted by atomic mass is 10.1. The molecule has 27 heavy (non-hydrogen) atoms. The van der Waals surface area contributed by atoms with E-state index in [1.54, 1.807) is 0 Å². The topological polar surface area (TPSA) is 75.7 Å². The first-order valence-electron chi connectivity index (χ1n) is 8.29. The molecule has 1 N–H and O–H groups in total. The van der Waals surface area contributed by atoms with E-state index in [4.69, 9.17) is 0 Å². The average Bonchev–Trinajstić information content (AvgIpc) is 2.63. The summed E-state index contributed by atoms with van der Waals surface area (Å²) >= 11 is 0. The maximum atomic E-state index is 13.8. The van der Waals surface area contributed by atoms with Crippen molar-refractivity contribution in [2.24, 2.45) is 0 Å². The maximum absolute atomic E-state index is 13.8. The predicted octanol–water partition coefficient (Wildman–Crippen LogP) is 2.91. The number of methoxy groups -OCH3 is 1. The van der Waals surface area contributed by atoms with Crippen LogP contribution in [0.3, 0.4) is 0 Å². The fourth-order valence-corrected chi connectivity index (χ4v) is 2.54. The molecule has 0 unspecified atom stereocenters. The average molecular weight is 372 g/mol. The molecule has 2 rings (SSSR count). The minimum atomic E-state index is -0.653. The van der Waals surface area contributed by atoms with Crippen LogP contribution < -0.4 is 5.32 Å². The highest BCUT2D eigenvalue weighted by molar-refractivity contribution is 5.98. The number of nitrogens with zero attached hydrogens (tertiary/aromatic N) is 1. The zero-order valence-corrected chi connectivity index (χ0v) is 15.4. The van der Waals surface area contributed by atoms with Gasteiger partial charge in [-0.05, 0) is 36.2 Å². The van der Waals surface area contributed by atoms with Gasteiger partial charge < -0.3 is 15.0 Å². The molecule has 2 aromatic rings. The van der Waals surface area contributed by atoms with Gasteiger partial charge in [-0.1, -0.05) is 24.3 Å². The molecule has 0 heterocycles. The van der Waals surface area contributed by atoms with Crippen LogP contribution in [-0.4, -0.2) is 36.3 Å². The number of amides is 2. The Kier molecular flexibility index (Phi) is 6.65. The minimum absolute atomic E-state index is 0.0951. The molecule has 6 nitrogen and oxygen atoms in total. The van der Waals surface area contributed by atoms with Crippen molar-refractivity contribution in [2.45, 2.75) is 20.4 Å². The first-order valence-corrected chi connectivity index (χ1v) is 8.29. The number of rotatable bonds is 6. The van der Waals surface area contributed by atoms with Crippen molar-refractivity contribution in [1.82, 2.24) is 4.90 Å². The summed E-state index contributed by atoms with van der Waals surface area (Å²) in [7, 11) is 1.24. The van der Waals surface area contributed by atoms with E-state index in [0.29, 0.717) is 0 Å². The van der Waals surface area contributed by atoms with E-state index in [1.165, 1.54) is 31.1 Å². The SMILES string of the molecule is COC(=O)CN(Cc1ccccc1C)C(=O)c1ccc(F)c(NC(C)=O)c1. The van der Waals surface area contributed by atoms with Gasteiger partial charge in [-0.3, -0.25) is 14.4 Å². The molecule has 2 aromatic carbocycles. The van der Waals surface area contributed by atoms with Gasteiger partial charge in [-0.2, -0.15) is 0 Å². The number of anilines is 1. The summed E-state index contributed by atoms with van der Waals surface area (Å²) in [6.45, 7) is 3.09. The van der Waals surface area contributed by atoms with Gasteiger partial charge in [-0.15, -0.1) is 0 Å². The van der Waals surface area contributed by atoms with E-state index in [-0.39, 0.29) is 24.3 Å². The number of carbonyl (C=O) groups is 3. The number of aryl methyl sites for hydroxylation is 1. The molecule has 2 amide bonds. The lowest BCUT2D eigenvalue weighted by Crippen LogP contribution is -2.36. The van der Waals surface area contributed by atoms with Crippen molar-refractivity contribution < 1.29 is 23.5 Å². The number of nitrogens with one attached hydrogen (secondary N) is 1. The predicted molar refractivity (Wildman–Crippen MR) is 98.6 cm³/mol. The molecule has 0 bridgehead atoms. The van der Waals surface area contributed by atoms with Gasteiger partial charge in [0.15, 0.2) is 0 Å². The van der Waals surface area contributed by atoms with Crippen LogP contribution in [0.25, 0.3) is 0 Å².